The average molecular weight is 497 g/mol. The standard InChI is InChI=1S/C26H22F3N3O4/c1-24-12-18(21(33)31(3)15-7-5-4-6-8-15)25(2,36-24)20-19(24)22(34)32(23(20)35)16-10-9-14(13-30)17(11-16)26(27,28)29/h4-11,18-20H,12H2,1-3H3/t18-,19+,20-,24?,25?/m0/s1. The van der Waals surface area contributed by atoms with Crippen molar-refractivity contribution in [2.24, 2.45) is 17.8 Å². The Balaban J connectivity index is 1.52. The predicted octanol–water partition coefficient (Wildman–Crippen LogP) is 3.91. The number of rotatable bonds is 3. The van der Waals surface area contributed by atoms with Crippen LogP contribution in [0, 0.1) is 29.1 Å². The molecule has 0 aromatic heterocycles. The third kappa shape index (κ3) is 3.19. The number of hydrogen-bond acceptors (Lipinski definition) is 5. The minimum atomic E-state index is -4.84. The molecule has 3 fully saturated rings. The molecule has 0 saturated carbocycles. The fraction of sp³-hybridized carbons (Fsp3) is 0.385. The second-order valence-corrected chi connectivity index (χ2v) is 9.89. The van der Waals surface area contributed by atoms with Gasteiger partial charge < -0.3 is 9.64 Å². The number of halogens is 3. The number of hydrogen-bond donors (Lipinski definition) is 0. The number of nitrogens with zero attached hydrogens (tertiary/aromatic N) is 3. The molecule has 10 heteroatoms. The molecule has 5 atom stereocenters. The summed E-state index contributed by atoms with van der Waals surface area (Å²) in [7, 11) is 1.62. The Morgan fingerprint density at radius 2 is 1.75 bits per heavy atom. The number of para-hydroxylation sites is 1. The van der Waals surface area contributed by atoms with E-state index in [-0.39, 0.29) is 18.0 Å². The summed E-state index contributed by atoms with van der Waals surface area (Å²) in [5, 5.41) is 9.08. The van der Waals surface area contributed by atoms with Gasteiger partial charge in [-0.2, -0.15) is 18.4 Å². The molecule has 5 rings (SSSR count). The summed E-state index contributed by atoms with van der Waals surface area (Å²) in [6, 6.07) is 13.2. The highest BCUT2D eigenvalue weighted by molar-refractivity contribution is 6.23. The lowest BCUT2D eigenvalue weighted by molar-refractivity contribution is -0.138. The molecule has 7 nitrogen and oxygen atoms in total. The van der Waals surface area contributed by atoms with Crippen LogP contribution in [0.5, 0.6) is 0 Å². The first-order chi connectivity index (χ1) is 16.8. The van der Waals surface area contributed by atoms with Crippen molar-refractivity contribution < 1.29 is 32.3 Å². The topological polar surface area (TPSA) is 90.7 Å². The zero-order valence-corrected chi connectivity index (χ0v) is 19.7. The molecule has 0 aliphatic carbocycles. The SMILES string of the molecule is CN(C(=O)[C@@H]1CC2(C)OC1(C)[C@@H]1C(=O)N(c3ccc(C#N)c(C(F)(F)F)c3)C(=O)[C@@H]12)c1ccccc1. The minimum absolute atomic E-state index is 0.189. The smallest absolute Gasteiger partial charge is 0.367 e. The van der Waals surface area contributed by atoms with Gasteiger partial charge in [0.1, 0.15) is 0 Å². The van der Waals surface area contributed by atoms with Crippen LogP contribution in [0.2, 0.25) is 0 Å². The van der Waals surface area contributed by atoms with E-state index in [4.69, 9.17) is 10.00 Å². The molecule has 2 aromatic rings. The van der Waals surface area contributed by atoms with E-state index in [2.05, 4.69) is 0 Å². The number of carbonyl (C=O) groups is 3. The van der Waals surface area contributed by atoms with Crippen LogP contribution in [-0.4, -0.2) is 36.0 Å². The maximum atomic E-state index is 13.6. The van der Waals surface area contributed by atoms with Gasteiger partial charge in [-0.15, -0.1) is 0 Å². The Morgan fingerprint density at radius 3 is 2.36 bits per heavy atom. The lowest BCUT2D eigenvalue weighted by Crippen LogP contribution is -2.52. The first-order valence-corrected chi connectivity index (χ1v) is 11.4. The predicted molar refractivity (Wildman–Crippen MR) is 121 cm³/mol. The normalized spacial score (nSPS) is 30.9. The molecular formula is C26H22F3N3O4. The van der Waals surface area contributed by atoms with Gasteiger partial charge in [0.15, 0.2) is 0 Å². The summed E-state index contributed by atoms with van der Waals surface area (Å²) in [6.45, 7) is 3.29. The lowest BCUT2D eigenvalue weighted by Gasteiger charge is -2.36. The van der Waals surface area contributed by atoms with E-state index in [1.807, 2.05) is 6.07 Å². The van der Waals surface area contributed by atoms with Gasteiger partial charge in [-0.05, 0) is 50.6 Å². The van der Waals surface area contributed by atoms with E-state index < -0.39 is 58.1 Å². The molecule has 0 N–H and O–H groups in total. The van der Waals surface area contributed by atoms with Crippen LogP contribution < -0.4 is 9.80 Å². The Hall–Kier alpha value is -3.71. The molecule has 2 aromatic carbocycles. The van der Waals surface area contributed by atoms with E-state index in [1.54, 1.807) is 45.2 Å². The van der Waals surface area contributed by atoms with Crippen molar-refractivity contribution in [1.82, 2.24) is 0 Å². The summed E-state index contributed by atoms with van der Waals surface area (Å²) in [5.74, 6) is -4.37. The highest BCUT2D eigenvalue weighted by Gasteiger charge is 2.77. The zero-order valence-electron chi connectivity index (χ0n) is 19.7. The monoisotopic (exact) mass is 497 g/mol. The molecular weight excluding hydrogens is 475 g/mol. The molecule has 0 radical (unpaired) electrons. The molecule has 3 saturated heterocycles. The van der Waals surface area contributed by atoms with Crippen molar-refractivity contribution in [3.63, 3.8) is 0 Å². The van der Waals surface area contributed by atoms with E-state index in [1.165, 1.54) is 11.0 Å². The zero-order chi connectivity index (χ0) is 26.2. The number of amides is 3. The maximum Gasteiger partial charge on any atom is 0.417 e. The number of nitriles is 1. The Bertz CT molecular complexity index is 1340. The van der Waals surface area contributed by atoms with E-state index >= 15 is 0 Å². The second-order valence-electron chi connectivity index (χ2n) is 9.89. The van der Waals surface area contributed by atoms with Crippen molar-refractivity contribution in [1.29, 1.82) is 5.26 Å². The van der Waals surface area contributed by atoms with Crippen LogP contribution in [-0.2, 0) is 25.3 Å². The Morgan fingerprint density at radius 1 is 1.11 bits per heavy atom. The number of fused-ring (bicyclic) bond motifs is 5. The fourth-order valence-corrected chi connectivity index (χ4v) is 6.16. The van der Waals surface area contributed by atoms with E-state index in [0.29, 0.717) is 11.8 Å². The quantitative estimate of drug-likeness (QED) is 0.600. The Labute approximate surface area is 205 Å². The van der Waals surface area contributed by atoms with Crippen LogP contribution in [0.15, 0.2) is 48.5 Å². The first-order valence-electron chi connectivity index (χ1n) is 11.4. The highest BCUT2D eigenvalue weighted by atomic mass is 19.4. The molecule has 186 valence electrons. The minimum Gasteiger partial charge on any atom is -0.367 e. The van der Waals surface area contributed by atoms with Crippen molar-refractivity contribution in [3.05, 3.63) is 59.7 Å². The van der Waals surface area contributed by atoms with Crippen molar-refractivity contribution in [2.45, 2.75) is 37.6 Å². The van der Waals surface area contributed by atoms with Crippen molar-refractivity contribution in [2.75, 3.05) is 16.8 Å². The van der Waals surface area contributed by atoms with Crippen LogP contribution >= 0.6 is 0 Å². The maximum absolute atomic E-state index is 13.6. The van der Waals surface area contributed by atoms with E-state index in [9.17, 15) is 27.6 Å². The van der Waals surface area contributed by atoms with Crippen LogP contribution in [0.3, 0.4) is 0 Å². The number of anilines is 2. The highest BCUT2D eigenvalue weighted by Crippen LogP contribution is 2.63. The molecule has 3 aliphatic rings. The molecule has 2 unspecified atom stereocenters. The molecule has 2 bridgehead atoms. The summed E-state index contributed by atoms with van der Waals surface area (Å²) >= 11 is 0. The van der Waals surface area contributed by atoms with Gasteiger partial charge in [0.2, 0.25) is 17.7 Å². The summed E-state index contributed by atoms with van der Waals surface area (Å²) in [6.07, 6.45) is -4.66. The van der Waals surface area contributed by atoms with Gasteiger partial charge in [-0.3, -0.25) is 14.4 Å². The molecule has 36 heavy (non-hydrogen) atoms. The molecule has 3 aliphatic heterocycles. The van der Waals surface area contributed by atoms with Crippen LogP contribution in [0.1, 0.15) is 31.4 Å². The van der Waals surface area contributed by atoms with Gasteiger partial charge in [0.05, 0.1) is 51.8 Å². The number of carbonyl (C=O) groups excluding carboxylic acids is 3. The van der Waals surface area contributed by atoms with Crippen LogP contribution in [0.4, 0.5) is 24.5 Å². The third-order valence-corrected chi connectivity index (χ3v) is 7.80. The summed E-state index contributed by atoms with van der Waals surface area (Å²) < 4.78 is 46.8. The van der Waals surface area contributed by atoms with Gasteiger partial charge >= 0.3 is 6.18 Å². The van der Waals surface area contributed by atoms with Gasteiger partial charge in [0, 0.05) is 12.7 Å². The number of ether oxygens (including phenoxy) is 1. The first kappa shape index (κ1) is 24.0. The lowest BCUT2D eigenvalue weighted by atomic mass is 9.63. The second kappa shape index (κ2) is 7.64. The van der Waals surface area contributed by atoms with Gasteiger partial charge in [-0.1, -0.05) is 18.2 Å². The largest absolute Gasteiger partial charge is 0.417 e. The van der Waals surface area contributed by atoms with Crippen LogP contribution in [0.25, 0.3) is 0 Å². The third-order valence-electron chi connectivity index (χ3n) is 7.80. The van der Waals surface area contributed by atoms with Gasteiger partial charge in [0.25, 0.3) is 0 Å². The molecule has 3 amide bonds. The van der Waals surface area contributed by atoms with Gasteiger partial charge in [-0.25, -0.2) is 4.90 Å². The van der Waals surface area contributed by atoms with Crippen molar-refractivity contribution >= 4 is 29.1 Å². The average Bonchev–Trinajstić information content (AvgIpc) is 3.38. The number of alkyl halides is 3. The summed E-state index contributed by atoms with van der Waals surface area (Å²) in [4.78, 5) is 42.8. The number of imide groups is 1. The molecule has 0 spiro atoms. The Kier molecular flexibility index (Phi) is 5.10. The number of benzene rings is 2. The fourth-order valence-electron chi connectivity index (χ4n) is 6.16. The van der Waals surface area contributed by atoms with Crippen molar-refractivity contribution in [3.8, 4) is 6.07 Å². The van der Waals surface area contributed by atoms with E-state index in [0.717, 1.165) is 17.0 Å². The molecule has 3 heterocycles. The summed E-state index contributed by atoms with van der Waals surface area (Å²) in [5.41, 5.74) is -3.90.